The molecule has 0 aromatic carbocycles. The van der Waals surface area contributed by atoms with E-state index in [4.69, 9.17) is 4.74 Å². The normalized spacial score (nSPS) is 10.8. The van der Waals surface area contributed by atoms with Gasteiger partial charge < -0.3 is 15.4 Å². The average Bonchev–Trinajstić information content (AvgIpc) is 2.46. The number of anilines is 2. The molecule has 0 radical (unpaired) electrons. The lowest BCUT2D eigenvalue weighted by molar-refractivity contribution is 0.178. The van der Waals surface area contributed by atoms with E-state index in [0.29, 0.717) is 18.3 Å². The summed E-state index contributed by atoms with van der Waals surface area (Å²) in [6, 6.07) is 1.97. The summed E-state index contributed by atoms with van der Waals surface area (Å²) in [5, 5.41) is 6.72. The van der Waals surface area contributed by atoms with E-state index >= 15 is 0 Å². The summed E-state index contributed by atoms with van der Waals surface area (Å²) in [5.41, 5.74) is 0. The number of ether oxygens (including phenoxy) is 1. The second-order valence-corrected chi connectivity index (χ2v) is 4.98. The summed E-state index contributed by atoms with van der Waals surface area (Å²) in [6.45, 7) is 8.87. The molecule has 0 atom stereocenters. The third-order valence-electron chi connectivity index (χ3n) is 3.33. The molecule has 1 heterocycles. The van der Waals surface area contributed by atoms with Crippen LogP contribution in [-0.2, 0) is 11.3 Å². The van der Waals surface area contributed by atoms with Crippen molar-refractivity contribution in [1.29, 1.82) is 0 Å². The van der Waals surface area contributed by atoms with E-state index in [-0.39, 0.29) is 0 Å². The zero-order valence-electron chi connectivity index (χ0n) is 13.2. The van der Waals surface area contributed by atoms with Crippen LogP contribution in [0, 0.1) is 5.92 Å². The van der Waals surface area contributed by atoms with Crippen LogP contribution in [-0.4, -0.2) is 30.2 Å². The van der Waals surface area contributed by atoms with Crippen LogP contribution >= 0.6 is 0 Å². The first-order valence-electron chi connectivity index (χ1n) is 7.58. The van der Waals surface area contributed by atoms with Gasteiger partial charge in [-0.2, -0.15) is 0 Å². The van der Waals surface area contributed by atoms with E-state index in [2.05, 4.69) is 41.4 Å². The molecule has 1 rings (SSSR count). The third-order valence-corrected chi connectivity index (χ3v) is 3.33. The van der Waals surface area contributed by atoms with Crippen LogP contribution in [0.2, 0.25) is 0 Å². The Labute approximate surface area is 122 Å². The summed E-state index contributed by atoms with van der Waals surface area (Å²) < 4.78 is 5.13. The molecule has 0 saturated carbocycles. The lowest BCUT2D eigenvalue weighted by atomic mass is 10.0. The molecule has 20 heavy (non-hydrogen) atoms. The van der Waals surface area contributed by atoms with Crippen LogP contribution in [0.4, 0.5) is 11.6 Å². The fraction of sp³-hybridized carbons (Fsp3) is 0.733. The largest absolute Gasteiger partial charge is 0.377 e. The molecular formula is C15H28N4O. The van der Waals surface area contributed by atoms with Gasteiger partial charge in [-0.15, -0.1) is 0 Å². The fourth-order valence-electron chi connectivity index (χ4n) is 1.95. The SMILES string of the molecule is CCCNc1cc(NCC(CC)CC)nc(COC)n1. The highest BCUT2D eigenvalue weighted by atomic mass is 16.5. The lowest BCUT2D eigenvalue weighted by Gasteiger charge is -2.15. The summed E-state index contributed by atoms with van der Waals surface area (Å²) in [4.78, 5) is 8.93. The van der Waals surface area contributed by atoms with Crippen LogP contribution in [0.3, 0.4) is 0 Å². The first kappa shape index (κ1) is 16.7. The van der Waals surface area contributed by atoms with Crippen molar-refractivity contribution in [2.24, 2.45) is 5.92 Å². The van der Waals surface area contributed by atoms with Crippen LogP contribution in [0.15, 0.2) is 6.07 Å². The van der Waals surface area contributed by atoms with Crippen LogP contribution in [0.1, 0.15) is 45.9 Å². The summed E-state index contributed by atoms with van der Waals surface area (Å²) >= 11 is 0. The molecule has 0 saturated heterocycles. The molecule has 0 bridgehead atoms. The Bertz CT molecular complexity index is 380. The van der Waals surface area contributed by atoms with E-state index in [1.807, 2.05) is 6.07 Å². The minimum absolute atomic E-state index is 0.432. The van der Waals surface area contributed by atoms with Gasteiger partial charge in [0.05, 0.1) is 0 Å². The Morgan fingerprint density at radius 3 is 2.30 bits per heavy atom. The van der Waals surface area contributed by atoms with E-state index in [1.54, 1.807) is 7.11 Å². The van der Waals surface area contributed by atoms with Gasteiger partial charge in [0.2, 0.25) is 0 Å². The van der Waals surface area contributed by atoms with Gasteiger partial charge in [-0.25, -0.2) is 9.97 Å². The van der Waals surface area contributed by atoms with E-state index < -0.39 is 0 Å². The highest BCUT2D eigenvalue weighted by Crippen LogP contribution is 2.14. The van der Waals surface area contributed by atoms with Crippen molar-refractivity contribution < 1.29 is 4.74 Å². The first-order valence-corrected chi connectivity index (χ1v) is 7.58. The monoisotopic (exact) mass is 280 g/mol. The van der Waals surface area contributed by atoms with Crippen LogP contribution in [0.25, 0.3) is 0 Å². The lowest BCUT2D eigenvalue weighted by Crippen LogP contribution is -2.15. The predicted molar refractivity (Wildman–Crippen MR) is 84.1 cm³/mol. The van der Waals surface area contributed by atoms with Gasteiger partial charge in [0.1, 0.15) is 18.2 Å². The highest BCUT2D eigenvalue weighted by Gasteiger charge is 2.07. The maximum absolute atomic E-state index is 5.13. The molecule has 0 amide bonds. The smallest absolute Gasteiger partial charge is 0.158 e. The minimum Gasteiger partial charge on any atom is -0.377 e. The number of nitrogens with one attached hydrogen (secondary N) is 2. The van der Waals surface area contributed by atoms with Gasteiger partial charge in [0.25, 0.3) is 0 Å². The van der Waals surface area contributed by atoms with Crippen molar-refractivity contribution >= 4 is 11.6 Å². The summed E-state index contributed by atoms with van der Waals surface area (Å²) in [6.07, 6.45) is 3.43. The van der Waals surface area contributed by atoms with Crippen LogP contribution < -0.4 is 10.6 Å². The van der Waals surface area contributed by atoms with Crippen molar-refractivity contribution in [1.82, 2.24) is 9.97 Å². The molecular weight excluding hydrogens is 252 g/mol. The fourth-order valence-corrected chi connectivity index (χ4v) is 1.95. The van der Waals surface area contributed by atoms with Crippen molar-refractivity contribution in [3.05, 3.63) is 11.9 Å². The molecule has 1 aromatic heterocycles. The number of aromatic nitrogens is 2. The molecule has 0 fully saturated rings. The Kier molecular flexibility index (Phi) is 7.95. The first-order chi connectivity index (χ1) is 9.73. The summed E-state index contributed by atoms with van der Waals surface area (Å²) in [5.74, 6) is 3.13. The van der Waals surface area contributed by atoms with Crippen molar-refractivity contribution in [3.8, 4) is 0 Å². The van der Waals surface area contributed by atoms with E-state index in [1.165, 1.54) is 12.8 Å². The van der Waals surface area contributed by atoms with Gasteiger partial charge >= 0.3 is 0 Å². The van der Waals surface area contributed by atoms with Crippen molar-refractivity contribution in [2.75, 3.05) is 30.8 Å². The maximum Gasteiger partial charge on any atom is 0.158 e. The number of hydrogen-bond acceptors (Lipinski definition) is 5. The molecule has 0 unspecified atom stereocenters. The predicted octanol–water partition coefficient (Wildman–Crippen LogP) is 3.29. The zero-order valence-corrected chi connectivity index (χ0v) is 13.2. The minimum atomic E-state index is 0.432. The van der Waals surface area contributed by atoms with Gasteiger partial charge in [0, 0.05) is 26.3 Å². The number of hydrogen-bond donors (Lipinski definition) is 2. The van der Waals surface area contributed by atoms with Crippen molar-refractivity contribution in [2.45, 2.75) is 46.6 Å². The molecule has 0 spiro atoms. The van der Waals surface area contributed by atoms with Crippen molar-refractivity contribution in [3.63, 3.8) is 0 Å². The van der Waals surface area contributed by atoms with Gasteiger partial charge in [-0.1, -0.05) is 33.6 Å². The zero-order chi connectivity index (χ0) is 14.8. The van der Waals surface area contributed by atoms with Gasteiger partial charge in [-0.05, 0) is 12.3 Å². The van der Waals surface area contributed by atoms with E-state index in [9.17, 15) is 0 Å². The number of methoxy groups -OCH3 is 1. The average molecular weight is 280 g/mol. The Morgan fingerprint density at radius 2 is 1.75 bits per heavy atom. The maximum atomic E-state index is 5.13. The quantitative estimate of drug-likeness (QED) is 0.688. The third kappa shape index (κ3) is 5.74. The molecule has 0 aliphatic heterocycles. The number of nitrogens with zero attached hydrogens (tertiary/aromatic N) is 2. The Balaban J connectivity index is 2.74. The second-order valence-electron chi connectivity index (χ2n) is 4.98. The molecule has 5 heteroatoms. The van der Waals surface area contributed by atoms with Gasteiger partial charge in [-0.3, -0.25) is 0 Å². The highest BCUT2D eigenvalue weighted by molar-refractivity contribution is 5.47. The molecule has 114 valence electrons. The van der Waals surface area contributed by atoms with E-state index in [0.717, 1.165) is 31.1 Å². The Hall–Kier alpha value is -1.36. The molecule has 2 N–H and O–H groups in total. The molecule has 1 aromatic rings. The topological polar surface area (TPSA) is 59.1 Å². The van der Waals surface area contributed by atoms with Gasteiger partial charge in [0.15, 0.2) is 5.82 Å². The van der Waals surface area contributed by atoms with Crippen LogP contribution in [0.5, 0.6) is 0 Å². The molecule has 0 aliphatic rings. The number of rotatable bonds is 10. The second kappa shape index (κ2) is 9.53. The summed E-state index contributed by atoms with van der Waals surface area (Å²) in [7, 11) is 1.66. The Morgan fingerprint density at radius 1 is 1.10 bits per heavy atom. The molecule has 5 nitrogen and oxygen atoms in total. The molecule has 0 aliphatic carbocycles. The standard InChI is InChI=1S/C15H28N4O/c1-5-8-16-13-9-14(17-10-12(6-2)7-3)19-15(18-13)11-20-4/h9,12H,5-8,10-11H2,1-4H3,(H2,16,17,18,19).